The van der Waals surface area contributed by atoms with Crippen molar-refractivity contribution in [3.8, 4) is 0 Å². The van der Waals surface area contributed by atoms with E-state index in [1.807, 2.05) is 0 Å². The first-order valence-corrected chi connectivity index (χ1v) is 4.89. The number of piperidine rings is 1. The molecular weight excluding hydrogens is 166 g/mol. The van der Waals surface area contributed by atoms with Gasteiger partial charge in [0.2, 0.25) is 5.91 Å². The van der Waals surface area contributed by atoms with Gasteiger partial charge in [0.1, 0.15) is 0 Å². The summed E-state index contributed by atoms with van der Waals surface area (Å²) in [7, 11) is 1.68. The van der Waals surface area contributed by atoms with Crippen molar-refractivity contribution >= 4 is 5.91 Å². The molecule has 1 aliphatic rings. The molecule has 0 aromatic rings. The van der Waals surface area contributed by atoms with E-state index in [9.17, 15) is 4.79 Å². The van der Waals surface area contributed by atoms with Gasteiger partial charge in [0, 0.05) is 7.05 Å². The maximum absolute atomic E-state index is 11.1. The van der Waals surface area contributed by atoms with Gasteiger partial charge in [-0.25, -0.2) is 0 Å². The summed E-state index contributed by atoms with van der Waals surface area (Å²) in [6.07, 6.45) is 2.26. The number of nitrogens with one attached hydrogen (secondary N) is 1. The molecule has 1 saturated heterocycles. The quantitative estimate of drug-likeness (QED) is 0.617. The average Bonchev–Trinajstić information content (AvgIpc) is 2.19. The Morgan fingerprint density at radius 1 is 1.54 bits per heavy atom. The zero-order valence-electron chi connectivity index (χ0n) is 8.25. The van der Waals surface area contributed by atoms with E-state index in [2.05, 4.69) is 10.2 Å². The lowest BCUT2D eigenvalue weighted by molar-refractivity contribution is -0.122. The Bertz CT molecular complexity index is 164. The number of hydrogen-bond donors (Lipinski definition) is 2. The summed E-state index contributed by atoms with van der Waals surface area (Å²) in [5.41, 5.74) is 5.58. The Morgan fingerprint density at radius 2 is 2.15 bits per heavy atom. The minimum atomic E-state index is 0.103. The van der Waals surface area contributed by atoms with Crippen LogP contribution >= 0.6 is 0 Å². The van der Waals surface area contributed by atoms with Crippen molar-refractivity contribution in [2.24, 2.45) is 11.7 Å². The van der Waals surface area contributed by atoms with Crippen LogP contribution < -0.4 is 11.1 Å². The molecule has 4 heteroatoms. The molecule has 0 bridgehead atoms. The van der Waals surface area contributed by atoms with Crippen molar-refractivity contribution in [2.75, 3.05) is 33.2 Å². The predicted molar refractivity (Wildman–Crippen MR) is 52.3 cm³/mol. The highest BCUT2D eigenvalue weighted by Gasteiger charge is 2.18. The smallest absolute Gasteiger partial charge is 0.233 e. The molecule has 0 aromatic heterocycles. The third-order valence-electron chi connectivity index (χ3n) is 2.69. The van der Waals surface area contributed by atoms with E-state index in [4.69, 9.17) is 5.73 Å². The van der Waals surface area contributed by atoms with Gasteiger partial charge >= 0.3 is 0 Å². The number of carbonyl (C=O) groups excluding carboxylic acids is 1. The maximum Gasteiger partial charge on any atom is 0.233 e. The Morgan fingerprint density at radius 3 is 2.62 bits per heavy atom. The number of nitrogens with two attached hydrogens (primary N) is 1. The fourth-order valence-corrected chi connectivity index (χ4v) is 1.66. The standard InChI is InChI=1S/C9H19N3O/c1-11-9(13)7-12-4-2-8(6-10)3-5-12/h8H,2-7,10H2,1H3,(H,11,13). The molecule has 1 aliphatic heterocycles. The van der Waals surface area contributed by atoms with Gasteiger partial charge in [0.05, 0.1) is 6.54 Å². The summed E-state index contributed by atoms with van der Waals surface area (Å²) < 4.78 is 0. The van der Waals surface area contributed by atoms with Gasteiger partial charge in [-0.3, -0.25) is 9.69 Å². The Kier molecular flexibility index (Phi) is 4.18. The number of likely N-dealkylation sites (tertiary alicyclic amines) is 1. The molecule has 0 spiro atoms. The first-order chi connectivity index (χ1) is 6.26. The predicted octanol–water partition coefficient (Wildman–Crippen LogP) is -0.597. The molecule has 0 saturated carbocycles. The highest BCUT2D eigenvalue weighted by atomic mass is 16.1. The lowest BCUT2D eigenvalue weighted by Crippen LogP contribution is -2.41. The van der Waals surface area contributed by atoms with E-state index in [-0.39, 0.29) is 5.91 Å². The van der Waals surface area contributed by atoms with Crippen molar-refractivity contribution in [3.05, 3.63) is 0 Å². The highest BCUT2D eigenvalue weighted by Crippen LogP contribution is 2.14. The van der Waals surface area contributed by atoms with Crippen LogP contribution in [-0.4, -0.2) is 44.0 Å². The maximum atomic E-state index is 11.1. The third kappa shape index (κ3) is 3.32. The second kappa shape index (κ2) is 5.19. The van der Waals surface area contributed by atoms with E-state index in [1.165, 1.54) is 0 Å². The first-order valence-electron chi connectivity index (χ1n) is 4.89. The fourth-order valence-electron chi connectivity index (χ4n) is 1.66. The summed E-state index contributed by atoms with van der Waals surface area (Å²) in [6.45, 7) is 3.34. The third-order valence-corrected chi connectivity index (χ3v) is 2.69. The van der Waals surface area contributed by atoms with Crippen LogP contribution in [0.1, 0.15) is 12.8 Å². The van der Waals surface area contributed by atoms with Gasteiger partial charge in [-0.15, -0.1) is 0 Å². The van der Waals surface area contributed by atoms with Crippen LogP contribution in [0.4, 0.5) is 0 Å². The van der Waals surface area contributed by atoms with E-state index < -0.39 is 0 Å². The van der Waals surface area contributed by atoms with Gasteiger partial charge in [-0.05, 0) is 38.4 Å². The minimum absolute atomic E-state index is 0.103. The van der Waals surface area contributed by atoms with Gasteiger partial charge in [-0.2, -0.15) is 0 Å². The van der Waals surface area contributed by atoms with Crippen molar-refractivity contribution in [1.82, 2.24) is 10.2 Å². The molecular formula is C9H19N3O. The van der Waals surface area contributed by atoms with E-state index in [0.29, 0.717) is 12.5 Å². The van der Waals surface area contributed by atoms with E-state index in [1.54, 1.807) is 7.05 Å². The SMILES string of the molecule is CNC(=O)CN1CCC(CN)CC1. The highest BCUT2D eigenvalue weighted by molar-refractivity contribution is 5.77. The molecule has 13 heavy (non-hydrogen) atoms. The van der Waals surface area contributed by atoms with Gasteiger partial charge < -0.3 is 11.1 Å². The molecule has 4 nitrogen and oxygen atoms in total. The summed E-state index contributed by atoms with van der Waals surface area (Å²) in [5.74, 6) is 0.770. The molecule has 0 radical (unpaired) electrons. The van der Waals surface area contributed by atoms with Crippen molar-refractivity contribution in [2.45, 2.75) is 12.8 Å². The van der Waals surface area contributed by atoms with Crippen LogP contribution in [0, 0.1) is 5.92 Å². The van der Waals surface area contributed by atoms with Crippen LogP contribution in [0.25, 0.3) is 0 Å². The second-order valence-corrected chi connectivity index (χ2v) is 3.63. The average molecular weight is 185 g/mol. The Labute approximate surface area is 79.5 Å². The summed E-state index contributed by atoms with van der Waals surface area (Å²) in [4.78, 5) is 13.2. The Hall–Kier alpha value is -0.610. The largest absolute Gasteiger partial charge is 0.358 e. The lowest BCUT2D eigenvalue weighted by atomic mass is 9.97. The molecule has 0 atom stereocenters. The second-order valence-electron chi connectivity index (χ2n) is 3.63. The number of hydrogen-bond acceptors (Lipinski definition) is 3. The van der Waals surface area contributed by atoms with Crippen LogP contribution in [0.2, 0.25) is 0 Å². The summed E-state index contributed by atoms with van der Waals surface area (Å²) in [6, 6.07) is 0. The van der Waals surface area contributed by atoms with E-state index in [0.717, 1.165) is 32.5 Å². The number of carbonyl (C=O) groups is 1. The molecule has 0 aromatic carbocycles. The van der Waals surface area contributed by atoms with Crippen molar-refractivity contribution in [3.63, 3.8) is 0 Å². The lowest BCUT2D eigenvalue weighted by Gasteiger charge is -2.30. The molecule has 1 fully saturated rings. The molecule has 1 heterocycles. The van der Waals surface area contributed by atoms with Crippen LogP contribution in [-0.2, 0) is 4.79 Å². The first kappa shape index (κ1) is 10.5. The monoisotopic (exact) mass is 185 g/mol. The molecule has 1 amide bonds. The normalized spacial score (nSPS) is 20.2. The number of amides is 1. The molecule has 3 N–H and O–H groups in total. The van der Waals surface area contributed by atoms with Gasteiger partial charge in [0.25, 0.3) is 0 Å². The van der Waals surface area contributed by atoms with Gasteiger partial charge in [0.15, 0.2) is 0 Å². The topological polar surface area (TPSA) is 58.4 Å². The molecule has 0 unspecified atom stereocenters. The minimum Gasteiger partial charge on any atom is -0.358 e. The van der Waals surface area contributed by atoms with Gasteiger partial charge in [-0.1, -0.05) is 0 Å². The Balaban J connectivity index is 2.21. The summed E-state index contributed by atoms with van der Waals surface area (Å²) in [5, 5.41) is 2.63. The van der Waals surface area contributed by atoms with Crippen molar-refractivity contribution in [1.29, 1.82) is 0 Å². The molecule has 76 valence electrons. The van der Waals surface area contributed by atoms with Crippen LogP contribution in [0.5, 0.6) is 0 Å². The number of nitrogens with zero attached hydrogens (tertiary/aromatic N) is 1. The van der Waals surface area contributed by atoms with Crippen LogP contribution in [0.3, 0.4) is 0 Å². The zero-order valence-corrected chi connectivity index (χ0v) is 8.25. The molecule has 1 rings (SSSR count). The van der Waals surface area contributed by atoms with Crippen LogP contribution in [0.15, 0.2) is 0 Å². The fraction of sp³-hybridized carbons (Fsp3) is 0.889. The van der Waals surface area contributed by atoms with Crippen molar-refractivity contribution < 1.29 is 4.79 Å². The summed E-state index contributed by atoms with van der Waals surface area (Å²) >= 11 is 0. The van der Waals surface area contributed by atoms with E-state index >= 15 is 0 Å². The zero-order chi connectivity index (χ0) is 9.68. The number of likely N-dealkylation sites (N-methyl/N-ethyl adjacent to an activating group) is 1. The molecule has 0 aliphatic carbocycles. The number of rotatable bonds is 3.